The Kier molecular flexibility index (Phi) is 20.1. The van der Waals surface area contributed by atoms with Gasteiger partial charge in [-0.3, -0.25) is 43.3 Å². The number of carbonyl (C=O) groups excluding carboxylic acids is 8. The monoisotopic (exact) mass is 936 g/mol. The Hall–Kier alpha value is -5.23. The summed E-state index contributed by atoms with van der Waals surface area (Å²) in [4.78, 5) is 130. The lowest BCUT2D eigenvalue weighted by Gasteiger charge is -2.35. The van der Waals surface area contributed by atoms with Crippen LogP contribution < -0.4 is 38.5 Å². The Labute approximate surface area is 383 Å². The normalized spacial score (nSPS) is 22.5. The van der Waals surface area contributed by atoms with E-state index >= 15 is 0 Å². The third kappa shape index (κ3) is 13.9. The van der Waals surface area contributed by atoms with E-state index < -0.39 is 115 Å². The van der Waals surface area contributed by atoms with Crippen molar-refractivity contribution in [3.05, 3.63) is 0 Å². The molecule has 4 saturated heterocycles. The zero-order valence-corrected chi connectivity index (χ0v) is 38.4. The maximum absolute atomic E-state index is 14.2. The predicted molar refractivity (Wildman–Crippen MR) is 238 cm³/mol. The highest BCUT2D eigenvalue weighted by Crippen LogP contribution is 2.29. The molecule has 8 atom stereocenters. The number of likely N-dealkylation sites (tertiary alicyclic amines) is 4. The molecule has 0 radical (unpaired) electrons. The van der Waals surface area contributed by atoms with Crippen molar-refractivity contribution in [3.63, 3.8) is 0 Å². The standard InChI is InChI=1S/C41H68N12O11S/c1-23(2)32(40(63)64)49-34(57)25(9-4-15-45-41(43)44)47-36(59)28-11-5-16-50(28)31(55)21-46-35(58)27-10-6-17-51(27)38(61)30-13-8-19-53(30)39(62)29-12-7-18-52(29)37(60)26(14-20-65-3)48-33(56)24(42)22-54/h23-30,32,54H,4-22,42H2,1-3H3,(H,46,58)(H,47,59)(H,48,56)(H,49,57)(H,63,64)(H4,43,44,45)/t24-,25-,26-,27-,28-,29-,30-,32-/m0/s1. The minimum absolute atomic E-state index is 0.0695. The maximum Gasteiger partial charge on any atom is 0.326 e. The number of amides is 8. The van der Waals surface area contributed by atoms with E-state index in [4.69, 9.17) is 17.2 Å². The molecule has 0 aliphatic carbocycles. The van der Waals surface area contributed by atoms with E-state index in [2.05, 4.69) is 26.3 Å². The summed E-state index contributed by atoms with van der Waals surface area (Å²) in [5.74, 6) is -5.69. The highest BCUT2D eigenvalue weighted by molar-refractivity contribution is 7.98. The molecule has 23 nitrogen and oxygen atoms in total. The summed E-state index contributed by atoms with van der Waals surface area (Å²) in [6, 6.07) is -8.17. The van der Waals surface area contributed by atoms with Gasteiger partial charge in [-0.25, -0.2) is 4.79 Å². The van der Waals surface area contributed by atoms with Gasteiger partial charge in [0.15, 0.2) is 5.96 Å². The van der Waals surface area contributed by atoms with Gasteiger partial charge in [0.1, 0.15) is 48.3 Å². The topological polar surface area (TPSA) is 346 Å². The summed E-state index contributed by atoms with van der Waals surface area (Å²) in [6.45, 7) is 3.36. The largest absolute Gasteiger partial charge is 0.480 e. The first kappa shape index (κ1) is 52.4. The van der Waals surface area contributed by atoms with E-state index in [1.54, 1.807) is 13.8 Å². The third-order valence-corrected chi connectivity index (χ3v) is 13.0. The SMILES string of the molecule is CSCC[C@H](NC(=O)[C@@H](N)CO)C(=O)N1CCC[C@H]1C(=O)N1CCC[C@H]1C(=O)N1CCC[C@H]1C(=O)NCC(=O)N1CCC[C@H]1C(=O)N[C@@H](CCCN=C(N)N)C(=O)N[C@H](C(=O)O)C(C)C. The molecule has 4 heterocycles. The Morgan fingerprint density at radius 1 is 0.708 bits per heavy atom. The Bertz CT molecular complexity index is 1780. The average Bonchev–Trinajstić information content (AvgIpc) is 4.13. The van der Waals surface area contributed by atoms with Crippen LogP contribution in [-0.2, 0) is 43.2 Å². The van der Waals surface area contributed by atoms with Crippen molar-refractivity contribution >= 4 is 70.9 Å². The van der Waals surface area contributed by atoms with Crippen molar-refractivity contribution in [1.82, 2.24) is 40.9 Å². The molecule has 0 spiro atoms. The first-order valence-electron chi connectivity index (χ1n) is 22.4. The number of carboxylic acids is 1. The lowest BCUT2D eigenvalue weighted by atomic mass is 10.0. The van der Waals surface area contributed by atoms with E-state index in [1.807, 2.05) is 6.26 Å². The number of guanidine groups is 1. The number of nitrogens with one attached hydrogen (secondary N) is 4. The fraction of sp³-hybridized carbons (Fsp3) is 0.756. The molecule has 4 aliphatic rings. The van der Waals surface area contributed by atoms with Gasteiger partial charge in [0, 0.05) is 32.7 Å². The van der Waals surface area contributed by atoms with Crippen LogP contribution in [0.2, 0.25) is 0 Å². The van der Waals surface area contributed by atoms with Gasteiger partial charge < -0.3 is 68.3 Å². The van der Waals surface area contributed by atoms with E-state index in [0.717, 1.165) is 0 Å². The molecule has 0 saturated carbocycles. The van der Waals surface area contributed by atoms with E-state index in [1.165, 1.54) is 31.4 Å². The molecule has 0 unspecified atom stereocenters. The number of carbonyl (C=O) groups is 9. The number of hydrogen-bond acceptors (Lipinski definition) is 13. The Morgan fingerprint density at radius 2 is 1.25 bits per heavy atom. The second kappa shape index (κ2) is 24.9. The molecular formula is C41H68N12O11S. The lowest BCUT2D eigenvalue weighted by molar-refractivity contribution is -0.151. The Morgan fingerprint density at radius 3 is 1.80 bits per heavy atom. The van der Waals surface area contributed by atoms with Gasteiger partial charge in [0.25, 0.3) is 0 Å². The molecule has 4 aliphatic heterocycles. The zero-order chi connectivity index (χ0) is 48.0. The number of aliphatic carboxylic acids is 1. The number of rotatable bonds is 22. The molecule has 0 aromatic carbocycles. The second-order valence-corrected chi connectivity index (χ2v) is 18.2. The molecule has 4 rings (SSSR count). The van der Waals surface area contributed by atoms with Gasteiger partial charge in [-0.1, -0.05) is 13.8 Å². The van der Waals surface area contributed by atoms with E-state index in [0.29, 0.717) is 50.7 Å². The van der Waals surface area contributed by atoms with Gasteiger partial charge in [-0.05, 0) is 88.6 Å². The number of carboxylic acid groups (broad SMARTS) is 1. The Balaban J connectivity index is 1.37. The molecule has 4 fully saturated rings. The van der Waals surface area contributed by atoms with Crippen molar-refractivity contribution in [1.29, 1.82) is 0 Å². The minimum Gasteiger partial charge on any atom is -0.480 e. The predicted octanol–water partition coefficient (Wildman–Crippen LogP) is -3.61. The van der Waals surface area contributed by atoms with Gasteiger partial charge in [-0.2, -0.15) is 11.8 Å². The number of aliphatic imine (C=N–C) groups is 1. The number of aliphatic hydroxyl groups is 1. The summed E-state index contributed by atoms with van der Waals surface area (Å²) >= 11 is 1.48. The van der Waals surface area contributed by atoms with Gasteiger partial charge in [0.05, 0.1) is 13.2 Å². The van der Waals surface area contributed by atoms with Crippen LogP contribution in [0.15, 0.2) is 4.99 Å². The van der Waals surface area contributed by atoms with E-state index in [-0.39, 0.29) is 70.3 Å². The van der Waals surface area contributed by atoms with Crippen LogP contribution in [-0.4, -0.2) is 195 Å². The fourth-order valence-corrected chi connectivity index (χ4v) is 9.31. The summed E-state index contributed by atoms with van der Waals surface area (Å²) in [5, 5.41) is 29.4. The van der Waals surface area contributed by atoms with Crippen molar-refractivity contribution in [3.8, 4) is 0 Å². The summed E-state index contributed by atoms with van der Waals surface area (Å²) in [6.07, 6.45) is 5.85. The molecule has 24 heteroatoms. The molecule has 0 bridgehead atoms. The molecule has 65 heavy (non-hydrogen) atoms. The van der Waals surface area contributed by atoms with Gasteiger partial charge in [0.2, 0.25) is 47.3 Å². The molecule has 12 N–H and O–H groups in total. The van der Waals surface area contributed by atoms with Gasteiger partial charge >= 0.3 is 5.97 Å². The molecule has 364 valence electrons. The lowest BCUT2D eigenvalue weighted by Crippen LogP contribution is -2.58. The second-order valence-electron chi connectivity index (χ2n) is 17.2. The number of hydrogen-bond donors (Lipinski definition) is 9. The van der Waals surface area contributed by atoms with Crippen LogP contribution in [0.1, 0.15) is 84.5 Å². The van der Waals surface area contributed by atoms with Crippen LogP contribution in [0.3, 0.4) is 0 Å². The maximum atomic E-state index is 14.2. The highest BCUT2D eigenvalue weighted by atomic mass is 32.2. The molecule has 0 aromatic heterocycles. The number of thioether (sulfide) groups is 1. The van der Waals surface area contributed by atoms with E-state index in [9.17, 15) is 53.4 Å². The fourth-order valence-electron chi connectivity index (χ4n) is 8.84. The summed E-state index contributed by atoms with van der Waals surface area (Å²) in [5.41, 5.74) is 16.5. The van der Waals surface area contributed by atoms with Gasteiger partial charge in [-0.15, -0.1) is 0 Å². The number of aliphatic hydroxyl groups excluding tert-OH is 1. The van der Waals surface area contributed by atoms with Crippen LogP contribution in [0, 0.1) is 5.92 Å². The van der Waals surface area contributed by atoms with Crippen LogP contribution in [0.4, 0.5) is 0 Å². The molecule has 0 aromatic rings. The quantitative estimate of drug-likeness (QED) is 0.0288. The third-order valence-electron chi connectivity index (χ3n) is 12.3. The number of nitrogens with two attached hydrogens (primary N) is 3. The first-order chi connectivity index (χ1) is 30.9. The van der Waals surface area contributed by atoms with Crippen molar-refractivity contribution < 1.29 is 53.4 Å². The first-order valence-corrected chi connectivity index (χ1v) is 23.8. The van der Waals surface area contributed by atoms with Crippen LogP contribution in [0.25, 0.3) is 0 Å². The highest BCUT2D eigenvalue weighted by Gasteiger charge is 2.47. The van der Waals surface area contributed by atoms with Crippen molar-refractivity contribution in [2.75, 3.05) is 57.9 Å². The van der Waals surface area contributed by atoms with Crippen LogP contribution in [0.5, 0.6) is 0 Å². The minimum atomic E-state index is -1.24. The summed E-state index contributed by atoms with van der Waals surface area (Å²) < 4.78 is 0. The smallest absolute Gasteiger partial charge is 0.326 e. The van der Waals surface area contributed by atoms with Crippen LogP contribution >= 0.6 is 11.8 Å². The zero-order valence-electron chi connectivity index (χ0n) is 37.6. The summed E-state index contributed by atoms with van der Waals surface area (Å²) in [7, 11) is 0. The molecular weight excluding hydrogens is 869 g/mol. The molecule has 8 amide bonds. The van der Waals surface area contributed by atoms with Crippen molar-refractivity contribution in [2.45, 2.75) is 133 Å². The average molecular weight is 937 g/mol. The number of nitrogens with zero attached hydrogens (tertiary/aromatic N) is 5. The van der Waals surface area contributed by atoms with Crippen molar-refractivity contribution in [2.24, 2.45) is 28.1 Å².